The lowest BCUT2D eigenvalue weighted by Gasteiger charge is -2.19. The van der Waals surface area contributed by atoms with Crippen molar-refractivity contribution in [1.82, 2.24) is 0 Å². The van der Waals surface area contributed by atoms with Crippen LogP contribution in [0.4, 0.5) is 10.7 Å². The number of ketones is 1. The number of carbonyl (C=O) groups is 1. The number of thiophene rings is 1. The predicted octanol–water partition coefficient (Wildman–Crippen LogP) is 2.49. The third-order valence-corrected chi connectivity index (χ3v) is 4.76. The quantitative estimate of drug-likeness (QED) is 0.817. The molecule has 0 spiro atoms. The summed E-state index contributed by atoms with van der Waals surface area (Å²) in [6.07, 6.45) is 0.964. The van der Waals surface area contributed by atoms with E-state index >= 15 is 0 Å². The number of rotatable bonds is 5. The molecule has 0 aromatic carbocycles. The Balaban J connectivity index is 2.42. The van der Waals surface area contributed by atoms with E-state index in [1.807, 2.05) is 27.7 Å². The van der Waals surface area contributed by atoms with E-state index in [4.69, 9.17) is 16.2 Å². The number of hydrogen-bond acceptors (Lipinski definition) is 6. The molecule has 0 bridgehead atoms. The number of anilines is 2. The molecule has 5 nitrogen and oxygen atoms in total. The molecule has 0 radical (unpaired) electrons. The minimum Gasteiger partial charge on any atom is -0.486 e. The van der Waals surface area contributed by atoms with Crippen LogP contribution >= 0.6 is 11.3 Å². The monoisotopic (exact) mass is 311 g/mol. The van der Waals surface area contributed by atoms with E-state index in [1.165, 1.54) is 11.3 Å². The molecule has 1 aliphatic rings. The lowest BCUT2D eigenvalue weighted by molar-refractivity contribution is 0.0944. The Bertz CT molecular complexity index is 525. The first-order chi connectivity index (χ1) is 9.81. The van der Waals surface area contributed by atoms with Gasteiger partial charge >= 0.3 is 0 Å². The third-order valence-electron chi connectivity index (χ3n) is 3.50. The summed E-state index contributed by atoms with van der Waals surface area (Å²) in [7, 11) is 0. The summed E-state index contributed by atoms with van der Waals surface area (Å²) in [4.78, 5) is 15.1. The second-order valence-electron chi connectivity index (χ2n) is 6.16. The van der Waals surface area contributed by atoms with Gasteiger partial charge in [0.1, 0.15) is 5.00 Å². The minimum absolute atomic E-state index is 0.0129. The SMILES string of the molecule is CC(C)Oc1c(N2CCC(N)C2)sc(C(=O)C(C)C)c1N. The zero-order valence-electron chi connectivity index (χ0n) is 13.2. The summed E-state index contributed by atoms with van der Waals surface area (Å²) in [6, 6.07) is 0.171. The topological polar surface area (TPSA) is 81.6 Å². The molecule has 1 aromatic heterocycles. The van der Waals surface area contributed by atoms with Crippen molar-refractivity contribution in [3.8, 4) is 5.75 Å². The predicted molar refractivity (Wildman–Crippen MR) is 88.5 cm³/mol. The van der Waals surface area contributed by atoms with Crippen LogP contribution in [-0.4, -0.2) is 31.0 Å². The van der Waals surface area contributed by atoms with Crippen LogP contribution in [-0.2, 0) is 0 Å². The highest BCUT2D eigenvalue weighted by atomic mass is 32.1. The molecule has 1 aliphatic heterocycles. The summed E-state index contributed by atoms with van der Waals surface area (Å²) in [5.41, 5.74) is 12.7. The van der Waals surface area contributed by atoms with E-state index in [1.54, 1.807) is 0 Å². The van der Waals surface area contributed by atoms with Crippen LogP contribution in [0.3, 0.4) is 0 Å². The second kappa shape index (κ2) is 6.23. The largest absolute Gasteiger partial charge is 0.486 e. The van der Waals surface area contributed by atoms with Crippen molar-refractivity contribution >= 4 is 27.8 Å². The van der Waals surface area contributed by atoms with Crippen molar-refractivity contribution in [1.29, 1.82) is 0 Å². The molecule has 1 atom stereocenters. The average molecular weight is 311 g/mol. The summed E-state index contributed by atoms with van der Waals surface area (Å²) in [5.74, 6) is 0.639. The van der Waals surface area contributed by atoms with Crippen molar-refractivity contribution in [2.75, 3.05) is 23.7 Å². The highest BCUT2D eigenvalue weighted by Crippen LogP contribution is 2.47. The fourth-order valence-electron chi connectivity index (χ4n) is 2.39. The van der Waals surface area contributed by atoms with Crippen LogP contribution in [0.25, 0.3) is 0 Å². The van der Waals surface area contributed by atoms with Crippen molar-refractivity contribution in [2.24, 2.45) is 11.7 Å². The van der Waals surface area contributed by atoms with Crippen molar-refractivity contribution in [3.63, 3.8) is 0 Å². The van der Waals surface area contributed by atoms with E-state index in [0.717, 1.165) is 24.5 Å². The van der Waals surface area contributed by atoms with Crippen molar-refractivity contribution in [3.05, 3.63) is 4.88 Å². The smallest absolute Gasteiger partial charge is 0.177 e. The fourth-order valence-corrected chi connectivity index (χ4v) is 3.67. The molecule has 0 amide bonds. The first-order valence-electron chi connectivity index (χ1n) is 7.44. The van der Waals surface area contributed by atoms with Crippen molar-refractivity contribution < 1.29 is 9.53 Å². The van der Waals surface area contributed by atoms with Gasteiger partial charge in [0.15, 0.2) is 11.5 Å². The van der Waals surface area contributed by atoms with Crippen LogP contribution in [0, 0.1) is 5.92 Å². The Labute approximate surface area is 130 Å². The zero-order chi connectivity index (χ0) is 15.7. The van der Waals surface area contributed by atoms with Gasteiger partial charge in [-0.1, -0.05) is 13.8 Å². The Morgan fingerprint density at radius 1 is 1.38 bits per heavy atom. The van der Waals surface area contributed by atoms with Gasteiger partial charge in [0.2, 0.25) is 0 Å². The lowest BCUT2D eigenvalue weighted by Crippen LogP contribution is -2.26. The number of Topliss-reactive ketones (excluding diaryl/α,β-unsaturated/α-hetero) is 1. The van der Waals surface area contributed by atoms with E-state index in [2.05, 4.69) is 4.90 Å². The molecule has 6 heteroatoms. The number of nitrogen functional groups attached to an aromatic ring is 1. The maximum atomic E-state index is 12.3. The maximum Gasteiger partial charge on any atom is 0.177 e. The molecule has 118 valence electrons. The Morgan fingerprint density at radius 3 is 2.52 bits per heavy atom. The minimum atomic E-state index is -0.0773. The van der Waals surface area contributed by atoms with Crippen LogP contribution in [0.1, 0.15) is 43.8 Å². The average Bonchev–Trinajstić information content (AvgIpc) is 2.94. The lowest BCUT2D eigenvalue weighted by atomic mass is 10.1. The molecule has 1 unspecified atom stereocenters. The standard InChI is InChI=1S/C15H25N3O2S/c1-8(2)12(19)14-11(17)13(20-9(3)4)15(21-14)18-6-5-10(16)7-18/h8-10H,5-7,16-17H2,1-4H3. The Morgan fingerprint density at radius 2 is 2.05 bits per heavy atom. The van der Waals surface area contributed by atoms with E-state index in [-0.39, 0.29) is 23.8 Å². The van der Waals surface area contributed by atoms with Crippen LogP contribution in [0.15, 0.2) is 0 Å². The van der Waals surface area contributed by atoms with E-state index in [0.29, 0.717) is 16.3 Å². The fraction of sp³-hybridized carbons (Fsp3) is 0.667. The van der Waals surface area contributed by atoms with Gasteiger partial charge in [0.05, 0.1) is 16.7 Å². The molecular weight excluding hydrogens is 286 g/mol. The van der Waals surface area contributed by atoms with Gasteiger partial charge in [-0.3, -0.25) is 4.79 Å². The van der Waals surface area contributed by atoms with Gasteiger partial charge in [0.25, 0.3) is 0 Å². The maximum absolute atomic E-state index is 12.3. The normalized spacial score (nSPS) is 18.8. The summed E-state index contributed by atoms with van der Waals surface area (Å²) in [5, 5.41) is 0.943. The Hall–Kier alpha value is -1.27. The van der Waals surface area contributed by atoms with Crippen LogP contribution < -0.4 is 21.1 Å². The molecule has 1 fully saturated rings. The third kappa shape index (κ3) is 3.32. The van der Waals surface area contributed by atoms with Gasteiger partial charge in [-0.2, -0.15) is 0 Å². The number of carbonyl (C=O) groups excluding carboxylic acids is 1. The first-order valence-corrected chi connectivity index (χ1v) is 8.26. The highest BCUT2D eigenvalue weighted by molar-refractivity contribution is 7.19. The number of nitrogens with two attached hydrogens (primary N) is 2. The van der Waals surface area contributed by atoms with Crippen LogP contribution in [0.5, 0.6) is 5.75 Å². The molecule has 2 heterocycles. The highest BCUT2D eigenvalue weighted by Gasteiger charge is 2.30. The summed E-state index contributed by atoms with van der Waals surface area (Å²) in [6.45, 7) is 9.35. The van der Waals surface area contributed by atoms with E-state index in [9.17, 15) is 4.79 Å². The first kappa shape index (κ1) is 16.1. The molecule has 1 aromatic rings. The van der Waals surface area contributed by atoms with Crippen LogP contribution in [0.2, 0.25) is 0 Å². The molecule has 4 N–H and O–H groups in total. The zero-order valence-corrected chi connectivity index (χ0v) is 14.0. The Kier molecular flexibility index (Phi) is 4.78. The van der Waals surface area contributed by atoms with E-state index < -0.39 is 0 Å². The molecule has 21 heavy (non-hydrogen) atoms. The number of nitrogens with zero attached hydrogens (tertiary/aromatic N) is 1. The molecule has 0 aliphatic carbocycles. The second-order valence-corrected chi connectivity index (χ2v) is 7.16. The molecule has 0 saturated carbocycles. The van der Waals surface area contributed by atoms with Gasteiger partial charge < -0.3 is 21.1 Å². The molecule has 2 rings (SSSR count). The van der Waals surface area contributed by atoms with Gasteiger partial charge in [-0.05, 0) is 20.3 Å². The van der Waals surface area contributed by atoms with Gasteiger partial charge in [0, 0.05) is 25.0 Å². The van der Waals surface area contributed by atoms with Gasteiger partial charge in [-0.15, -0.1) is 11.3 Å². The summed E-state index contributed by atoms with van der Waals surface area (Å²) < 4.78 is 5.89. The summed E-state index contributed by atoms with van der Waals surface area (Å²) >= 11 is 1.43. The molecular formula is C15H25N3O2S. The number of hydrogen-bond donors (Lipinski definition) is 2. The number of ether oxygens (including phenoxy) is 1. The molecule has 1 saturated heterocycles. The van der Waals surface area contributed by atoms with Gasteiger partial charge in [-0.25, -0.2) is 0 Å². The van der Waals surface area contributed by atoms with Crippen molar-refractivity contribution in [2.45, 2.75) is 46.3 Å².